The van der Waals surface area contributed by atoms with Crippen LogP contribution in [0.3, 0.4) is 0 Å². The molecule has 1 saturated heterocycles. The first-order valence-corrected chi connectivity index (χ1v) is 6.68. The average Bonchev–Trinajstić information content (AvgIpc) is 2.70. The maximum Gasteiger partial charge on any atom is 0.274 e. The second-order valence-corrected chi connectivity index (χ2v) is 5.27. The Morgan fingerprint density at radius 3 is 2.61 bits per heavy atom. The molecule has 2 N–H and O–H groups in total. The highest BCUT2D eigenvalue weighted by atomic mass is 32.1. The summed E-state index contributed by atoms with van der Waals surface area (Å²) in [6.07, 6.45) is 1.08. The summed E-state index contributed by atoms with van der Waals surface area (Å²) in [5.41, 5.74) is 7.24. The highest BCUT2D eigenvalue weighted by Gasteiger charge is 2.27. The van der Waals surface area contributed by atoms with Crippen LogP contribution in [-0.4, -0.2) is 28.9 Å². The number of nitrogen functional groups attached to an aromatic ring is 1. The highest BCUT2D eigenvalue weighted by molar-refractivity contribution is 7.19. The fraction of sp³-hybridized carbons (Fsp3) is 0.231. The number of carbonyl (C=O) groups excluding carboxylic acids is 1. The van der Waals surface area contributed by atoms with Gasteiger partial charge in [0.05, 0.1) is 4.88 Å². The molecule has 92 valence electrons. The minimum Gasteiger partial charge on any atom is -0.375 e. The third kappa shape index (κ3) is 1.86. The molecule has 3 rings (SSSR count). The molecule has 1 aliphatic rings. The van der Waals surface area contributed by atoms with E-state index in [1.165, 1.54) is 11.3 Å². The molecule has 1 amide bonds. The van der Waals surface area contributed by atoms with E-state index in [0.29, 0.717) is 10.8 Å². The van der Waals surface area contributed by atoms with Gasteiger partial charge in [-0.05, 0) is 12.0 Å². The van der Waals surface area contributed by atoms with Gasteiger partial charge in [0.1, 0.15) is 5.69 Å². The normalized spacial score (nSPS) is 14.3. The number of thiazole rings is 1. The standard InChI is InChI=1S/C13H13N3OS/c14-13-15-10(12(17)16-7-4-8-16)11(18-13)9-5-2-1-3-6-9/h1-3,5-6H,4,7-8H2,(H2,14,15). The van der Waals surface area contributed by atoms with Crippen molar-refractivity contribution in [1.29, 1.82) is 0 Å². The fourth-order valence-corrected chi connectivity index (χ4v) is 2.77. The molecule has 1 aromatic carbocycles. The van der Waals surface area contributed by atoms with E-state index in [4.69, 9.17) is 5.73 Å². The molecular formula is C13H13N3OS. The Kier molecular flexibility index (Phi) is 2.76. The average molecular weight is 259 g/mol. The molecule has 0 aliphatic carbocycles. The third-order valence-electron chi connectivity index (χ3n) is 3.03. The van der Waals surface area contributed by atoms with Crippen molar-refractivity contribution in [2.45, 2.75) is 6.42 Å². The SMILES string of the molecule is Nc1nc(C(=O)N2CCC2)c(-c2ccccc2)s1. The molecule has 2 heterocycles. The van der Waals surface area contributed by atoms with Gasteiger partial charge in [0, 0.05) is 13.1 Å². The topological polar surface area (TPSA) is 59.2 Å². The lowest BCUT2D eigenvalue weighted by Gasteiger charge is -2.30. The summed E-state index contributed by atoms with van der Waals surface area (Å²) < 4.78 is 0. The van der Waals surface area contributed by atoms with Crippen LogP contribution < -0.4 is 5.73 Å². The number of hydrogen-bond acceptors (Lipinski definition) is 4. The summed E-state index contributed by atoms with van der Waals surface area (Å²) in [6, 6.07) is 9.79. The van der Waals surface area contributed by atoms with Gasteiger partial charge in [-0.1, -0.05) is 41.7 Å². The van der Waals surface area contributed by atoms with Crippen LogP contribution in [0.1, 0.15) is 16.9 Å². The van der Waals surface area contributed by atoms with Crippen molar-refractivity contribution in [2.24, 2.45) is 0 Å². The Morgan fingerprint density at radius 2 is 2.00 bits per heavy atom. The number of carbonyl (C=O) groups is 1. The first-order valence-electron chi connectivity index (χ1n) is 5.87. The number of anilines is 1. The van der Waals surface area contributed by atoms with Crippen LogP contribution in [0.5, 0.6) is 0 Å². The first kappa shape index (κ1) is 11.2. The van der Waals surface area contributed by atoms with Crippen LogP contribution >= 0.6 is 11.3 Å². The lowest BCUT2D eigenvalue weighted by atomic mass is 10.1. The Balaban J connectivity index is 2.02. The van der Waals surface area contributed by atoms with Gasteiger partial charge in [-0.3, -0.25) is 4.79 Å². The van der Waals surface area contributed by atoms with Gasteiger partial charge in [-0.2, -0.15) is 0 Å². The molecule has 0 spiro atoms. The molecule has 0 saturated carbocycles. The van der Waals surface area contributed by atoms with Gasteiger partial charge in [-0.25, -0.2) is 4.98 Å². The summed E-state index contributed by atoms with van der Waals surface area (Å²) >= 11 is 1.37. The van der Waals surface area contributed by atoms with Gasteiger partial charge in [0.2, 0.25) is 0 Å². The Bertz CT molecular complexity index is 575. The lowest BCUT2D eigenvalue weighted by molar-refractivity contribution is 0.0647. The van der Waals surface area contributed by atoms with Gasteiger partial charge in [0.15, 0.2) is 5.13 Å². The van der Waals surface area contributed by atoms with E-state index in [-0.39, 0.29) is 5.91 Å². The Labute approximate surface area is 109 Å². The monoisotopic (exact) mass is 259 g/mol. The molecule has 5 heteroatoms. The highest BCUT2D eigenvalue weighted by Crippen LogP contribution is 2.32. The minimum absolute atomic E-state index is 0.00643. The molecule has 1 aromatic heterocycles. The molecular weight excluding hydrogens is 246 g/mol. The zero-order valence-corrected chi connectivity index (χ0v) is 10.6. The van der Waals surface area contributed by atoms with Crippen molar-refractivity contribution in [3.8, 4) is 10.4 Å². The van der Waals surface area contributed by atoms with Crippen LogP contribution in [-0.2, 0) is 0 Å². The molecule has 0 bridgehead atoms. The molecule has 0 radical (unpaired) electrons. The first-order chi connectivity index (χ1) is 8.75. The van der Waals surface area contributed by atoms with Crippen molar-refractivity contribution >= 4 is 22.4 Å². The summed E-state index contributed by atoms with van der Waals surface area (Å²) in [7, 11) is 0. The fourth-order valence-electron chi connectivity index (χ4n) is 1.94. The van der Waals surface area contributed by atoms with Crippen LogP contribution in [0.4, 0.5) is 5.13 Å². The van der Waals surface area contributed by atoms with Crippen molar-refractivity contribution in [3.63, 3.8) is 0 Å². The molecule has 4 nitrogen and oxygen atoms in total. The van der Waals surface area contributed by atoms with E-state index in [9.17, 15) is 4.79 Å². The minimum atomic E-state index is -0.00643. The summed E-state index contributed by atoms with van der Waals surface area (Å²) in [5.74, 6) is -0.00643. The number of rotatable bonds is 2. The summed E-state index contributed by atoms with van der Waals surface area (Å²) in [4.78, 5) is 19.1. The predicted octanol–water partition coefficient (Wildman–Crippen LogP) is 2.24. The number of hydrogen-bond donors (Lipinski definition) is 1. The maximum absolute atomic E-state index is 12.2. The van der Waals surface area contributed by atoms with Crippen LogP contribution in [0.2, 0.25) is 0 Å². The van der Waals surface area contributed by atoms with Gasteiger partial charge in [-0.15, -0.1) is 0 Å². The van der Waals surface area contributed by atoms with E-state index in [1.807, 2.05) is 30.3 Å². The third-order valence-corrected chi connectivity index (χ3v) is 3.96. The number of benzene rings is 1. The van der Waals surface area contributed by atoms with Crippen LogP contribution in [0.25, 0.3) is 10.4 Å². The van der Waals surface area contributed by atoms with Gasteiger partial charge < -0.3 is 10.6 Å². The smallest absolute Gasteiger partial charge is 0.274 e. The zero-order valence-electron chi connectivity index (χ0n) is 9.80. The van der Waals surface area contributed by atoms with E-state index in [0.717, 1.165) is 30.0 Å². The number of aromatic nitrogens is 1. The van der Waals surface area contributed by atoms with E-state index < -0.39 is 0 Å². The molecule has 2 aromatic rings. The molecule has 1 aliphatic heterocycles. The molecule has 0 atom stereocenters. The van der Waals surface area contributed by atoms with Crippen LogP contribution in [0, 0.1) is 0 Å². The second-order valence-electron chi connectivity index (χ2n) is 4.24. The quantitative estimate of drug-likeness (QED) is 0.899. The number of nitrogens with zero attached hydrogens (tertiary/aromatic N) is 2. The number of likely N-dealkylation sites (tertiary alicyclic amines) is 1. The predicted molar refractivity (Wildman–Crippen MR) is 72.5 cm³/mol. The summed E-state index contributed by atoms with van der Waals surface area (Å²) in [6.45, 7) is 1.65. The Hall–Kier alpha value is -1.88. The van der Waals surface area contributed by atoms with Crippen LogP contribution in [0.15, 0.2) is 30.3 Å². The number of nitrogens with two attached hydrogens (primary N) is 1. The van der Waals surface area contributed by atoms with Crippen molar-refractivity contribution in [2.75, 3.05) is 18.8 Å². The van der Waals surface area contributed by atoms with Gasteiger partial charge in [0.25, 0.3) is 5.91 Å². The zero-order chi connectivity index (χ0) is 12.5. The van der Waals surface area contributed by atoms with E-state index in [2.05, 4.69) is 4.98 Å². The maximum atomic E-state index is 12.2. The Morgan fingerprint density at radius 1 is 1.28 bits per heavy atom. The largest absolute Gasteiger partial charge is 0.375 e. The second kappa shape index (κ2) is 4.42. The lowest BCUT2D eigenvalue weighted by Crippen LogP contribution is -2.42. The molecule has 1 fully saturated rings. The van der Waals surface area contributed by atoms with E-state index >= 15 is 0 Å². The molecule has 18 heavy (non-hydrogen) atoms. The summed E-state index contributed by atoms with van der Waals surface area (Å²) in [5, 5.41) is 0.442. The molecule has 0 unspecified atom stereocenters. The van der Waals surface area contributed by atoms with E-state index in [1.54, 1.807) is 4.90 Å². The van der Waals surface area contributed by atoms with Crippen molar-refractivity contribution < 1.29 is 4.79 Å². The van der Waals surface area contributed by atoms with Crippen molar-refractivity contribution in [3.05, 3.63) is 36.0 Å². The van der Waals surface area contributed by atoms with Gasteiger partial charge >= 0.3 is 0 Å². The number of amides is 1. The van der Waals surface area contributed by atoms with Crippen molar-refractivity contribution in [1.82, 2.24) is 9.88 Å².